The molecule has 1 aliphatic heterocycles. The number of rotatable bonds is 6. The second-order valence-electron chi connectivity index (χ2n) is 6.01. The van der Waals surface area contributed by atoms with Crippen LogP contribution in [0.5, 0.6) is 0 Å². The van der Waals surface area contributed by atoms with Gasteiger partial charge < -0.3 is 4.90 Å². The normalized spacial score (nSPS) is 19.9. The first kappa shape index (κ1) is 17.9. The van der Waals surface area contributed by atoms with Crippen molar-refractivity contribution >= 4 is 15.7 Å². The molecule has 0 bridgehead atoms. The van der Waals surface area contributed by atoms with Gasteiger partial charge in [-0.15, -0.1) is 0 Å². The fourth-order valence-corrected chi connectivity index (χ4v) is 4.60. The molecule has 1 saturated heterocycles. The second kappa shape index (κ2) is 7.40. The van der Waals surface area contributed by atoms with Crippen LogP contribution in [-0.4, -0.2) is 61.8 Å². The van der Waals surface area contributed by atoms with Gasteiger partial charge in [0.25, 0.3) is 0 Å². The van der Waals surface area contributed by atoms with Crippen LogP contribution >= 0.6 is 0 Å². The Kier molecular flexibility index (Phi) is 5.75. The minimum absolute atomic E-state index is 0.0800. The van der Waals surface area contributed by atoms with Crippen LogP contribution in [0.3, 0.4) is 0 Å². The van der Waals surface area contributed by atoms with Crippen molar-refractivity contribution in [3.05, 3.63) is 35.6 Å². The molecule has 1 fully saturated rings. The Balaban J connectivity index is 1.94. The molecule has 0 spiro atoms. The third kappa shape index (κ3) is 5.00. The number of halogens is 1. The molecule has 0 N–H and O–H groups in total. The molecule has 1 heterocycles. The van der Waals surface area contributed by atoms with Crippen LogP contribution in [0.2, 0.25) is 0 Å². The van der Waals surface area contributed by atoms with Gasteiger partial charge in [-0.05, 0) is 38.1 Å². The largest absolute Gasteiger partial charge is 0.338 e. The van der Waals surface area contributed by atoms with Crippen molar-refractivity contribution in [2.24, 2.45) is 0 Å². The maximum Gasteiger partial charge on any atom is 0.237 e. The summed E-state index contributed by atoms with van der Waals surface area (Å²) in [4.78, 5) is 15.9. The van der Waals surface area contributed by atoms with E-state index in [1.165, 1.54) is 12.1 Å². The number of nitrogens with zero attached hydrogens (tertiary/aromatic N) is 2. The van der Waals surface area contributed by atoms with Crippen LogP contribution in [0, 0.1) is 5.82 Å². The minimum atomic E-state index is -2.96. The Morgan fingerprint density at radius 3 is 2.70 bits per heavy atom. The molecular weight excluding hydrogens is 319 g/mol. The lowest BCUT2D eigenvalue weighted by Gasteiger charge is -2.27. The van der Waals surface area contributed by atoms with Gasteiger partial charge in [0.05, 0.1) is 18.1 Å². The number of hydrogen-bond donors (Lipinski definition) is 0. The molecule has 0 radical (unpaired) electrons. The van der Waals surface area contributed by atoms with E-state index in [2.05, 4.69) is 0 Å². The number of carbonyl (C=O) groups is 1. The number of benzene rings is 1. The number of sulfone groups is 1. The van der Waals surface area contributed by atoms with Crippen molar-refractivity contribution in [1.82, 2.24) is 9.80 Å². The van der Waals surface area contributed by atoms with Crippen molar-refractivity contribution < 1.29 is 17.6 Å². The summed E-state index contributed by atoms with van der Waals surface area (Å²) >= 11 is 0. The number of hydrogen-bond acceptors (Lipinski definition) is 4. The fourth-order valence-electron chi connectivity index (χ4n) is 2.80. The van der Waals surface area contributed by atoms with E-state index in [1.807, 2.05) is 6.92 Å². The molecule has 7 heteroatoms. The van der Waals surface area contributed by atoms with Crippen LogP contribution in [0.1, 0.15) is 18.9 Å². The van der Waals surface area contributed by atoms with Gasteiger partial charge in [-0.25, -0.2) is 12.8 Å². The van der Waals surface area contributed by atoms with Crippen LogP contribution < -0.4 is 0 Å². The summed E-state index contributed by atoms with van der Waals surface area (Å²) in [6, 6.07) is 6.10. The standard InChI is InChI=1S/C16H23FN2O3S/c1-3-19(10-13-5-4-6-14(17)9-13)16(20)11-18(2)15-7-8-23(21,22)12-15/h4-6,9,15H,3,7-8,10-12H2,1-2H3. The quantitative estimate of drug-likeness (QED) is 0.782. The van der Waals surface area contributed by atoms with Gasteiger partial charge >= 0.3 is 0 Å². The van der Waals surface area contributed by atoms with Crippen LogP contribution in [0.15, 0.2) is 24.3 Å². The van der Waals surface area contributed by atoms with Gasteiger partial charge in [-0.1, -0.05) is 12.1 Å². The summed E-state index contributed by atoms with van der Waals surface area (Å²) in [5.74, 6) is -0.0908. The van der Waals surface area contributed by atoms with Crippen molar-refractivity contribution in [3.8, 4) is 0 Å². The highest BCUT2D eigenvalue weighted by molar-refractivity contribution is 7.91. The second-order valence-corrected chi connectivity index (χ2v) is 8.24. The predicted molar refractivity (Wildman–Crippen MR) is 87.2 cm³/mol. The summed E-state index contributed by atoms with van der Waals surface area (Å²) < 4.78 is 36.3. The molecule has 0 aromatic heterocycles. The van der Waals surface area contributed by atoms with Gasteiger partial charge in [-0.2, -0.15) is 0 Å². The highest BCUT2D eigenvalue weighted by atomic mass is 32.2. The molecule has 2 rings (SSSR count). The molecule has 1 aliphatic rings. The number of likely N-dealkylation sites (N-methyl/N-ethyl adjacent to an activating group) is 2. The molecule has 0 aliphatic carbocycles. The molecule has 1 aromatic carbocycles. The first-order valence-corrected chi connectivity index (χ1v) is 9.55. The summed E-state index contributed by atoms with van der Waals surface area (Å²) in [6.07, 6.45) is 0.572. The monoisotopic (exact) mass is 342 g/mol. The molecule has 1 aromatic rings. The average Bonchev–Trinajstić information content (AvgIpc) is 2.85. The van der Waals surface area contributed by atoms with Crippen LogP contribution in [-0.2, 0) is 21.2 Å². The third-order valence-corrected chi connectivity index (χ3v) is 5.96. The Hall–Kier alpha value is -1.47. The van der Waals surface area contributed by atoms with Crippen LogP contribution in [0.25, 0.3) is 0 Å². The van der Waals surface area contributed by atoms with Gasteiger partial charge in [-0.3, -0.25) is 9.69 Å². The van der Waals surface area contributed by atoms with E-state index in [4.69, 9.17) is 0 Å². The van der Waals surface area contributed by atoms with E-state index in [9.17, 15) is 17.6 Å². The summed E-state index contributed by atoms with van der Waals surface area (Å²) in [7, 11) is -1.19. The van der Waals surface area contributed by atoms with E-state index in [1.54, 1.807) is 29.0 Å². The molecule has 0 saturated carbocycles. The maximum atomic E-state index is 13.2. The predicted octanol–water partition coefficient (Wildman–Crippen LogP) is 1.29. The molecule has 1 atom stereocenters. The molecule has 1 unspecified atom stereocenters. The number of carbonyl (C=O) groups excluding carboxylic acids is 1. The van der Waals surface area contributed by atoms with Gasteiger partial charge in [0, 0.05) is 19.1 Å². The first-order chi connectivity index (χ1) is 10.8. The maximum absolute atomic E-state index is 13.2. The van der Waals surface area contributed by atoms with Crippen LogP contribution in [0.4, 0.5) is 4.39 Å². The average molecular weight is 342 g/mol. The first-order valence-electron chi connectivity index (χ1n) is 7.73. The van der Waals surface area contributed by atoms with E-state index in [-0.39, 0.29) is 35.8 Å². The zero-order chi connectivity index (χ0) is 17.0. The fraction of sp³-hybridized carbons (Fsp3) is 0.562. The van der Waals surface area contributed by atoms with E-state index < -0.39 is 9.84 Å². The van der Waals surface area contributed by atoms with Gasteiger partial charge in [0.1, 0.15) is 5.82 Å². The van der Waals surface area contributed by atoms with Gasteiger partial charge in [0.2, 0.25) is 5.91 Å². The lowest BCUT2D eigenvalue weighted by molar-refractivity contribution is -0.132. The zero-order valence-electron chi connectivity index (χ0n) is 13.5. The molecule has 5 nitrogen and oxygen atoms in total. The Bertz CT molecular complexity index is 663. The van der Waals surface area contributed by atoms with E-state index in [0.29, 0.717) is 19.5 Å². The summed E-state index contributed by atoms with van der Waals surface area (Å²) in [6.45, 7) is 2.91. The Morgan fingerprint density at radius 2 is 2.13 bits per heavy atom. The summed E-state index contributed by atoms with van der Waals surface area (Å²) in [5.41, 5.74) is 0.742. The smallest absolute Gasteiger partial charge is 0.237 e. The highest BCUT2D eigenvalue weighted by Gasteiger charge is 2.31. The van der Waals surface area contributed by atoms with E-state index >= 15 is 0 Å². The lowest BCUT2D eigenvalue weighted by atomic mass is 10.2. The number of amides is 1. The van der Waals surface area contributed by atoms with Crippen molar-refractivity contribution in [2.45, 2.75) is 25.9 Å². The summed E-state index contributed by atoms with van der Waals surface area (Å²) in [5, 5.41) is 0. The molecule has 23 heavy (non-hydrogen) atoms. The Morgan fingerprint density at radius 1 is 1.39 bits per heavy atom. The zero-order valence-corrected chi connectivity index (χ0v) is 14.4. The third-order valence-electron chi connectivity index (χ3n) is 4.21. The highest BCUT2D eigenvalue weighted by Crippen LogP contribution is 2.16. The van der Waals surface area contributed by atoms with Crippen molar-refractivity contribution in [1.29, 1.82) is 0 Å². The van der Waals surface area contributed by atoms with Crippen molar-refractivity contribution in [2.75, 3.05) is 31.6 Å². The Labute approximate surface area is 137 Å². The molecular formula is C16H23FN2O3S. The lowest BCUT2D eigenvalue weighted by Crippen LogP contribution is -2.43. The molecule has 128 valence electrons. The van der Waals surface area contributed by atoms with E-state index in [0.717, 1.165) is 5.56 Å². The van der Waals surface area contributed by atoms with Gasteiger partial charge in [0.15, 0.2) is 9.84 Å². The minimum Gasteiger partial charge on any atom is -0.338 e. The molecule has 1 amide bonds. The topological polar surface area (TPSA) is 57.7 Å². The SMILES string of the molecule is CCN(Cc1cccc(F)c1)C(=O)CN(C)C1CCS(=O)(=O)C1. The van der Waals surface area contributed by atoms with Crippen molar-refractivity contribution in [3.63, 3.8) is 0 Å².